The van der Waals surface area contributed by atoms with Gasteiger partial charge in [-0.1, -0.05) is 0 Å². The van der Waals surface area contributed by atoms with Crippen molar-refractivity contribution in [3.05, 3.63) is 41.9 Å². The van der Waals surface area contributed by atoms with Crippen LogP contribution in [0.25, 0.3) is 0 Å². The molecule has 2 aliphatic rings. The zero-order valence-electron chi connectivity index (χ0n) is 12.8. The molecule has 1 aliphatic heterocycles. The molecule has 1 saturated carbocycles. The van der Waals surface area contributed by atoms with Crippen molar-refractivity contribution < 1.29 is 9.18 Å². The lowest BCUT2D eigenvalue weighted by Gasteiger charge is -2.36. The predicted octanol–water partition coefficient (Wildman–Crippen LogP) is 1.63. The standard InChI is InChI=1S/C17H19FN4O/c18-14-1-5-16(6-2-14)21-7-9-22(10-8-21)17(23)13(11-19)12-20-15-3-4-15/h1-2,5-6,12,15,20H,3-4,7-10H2/b13-12-. The van der Waals surface area contributed by atoms with Gasteiger partial charge in [0, 0.05) is 44.1 Å². The largest absolute Gasteiger partial charge is 0.387 e. The summed E-state index contributed by atoms with van der Waals surface area (Å²) in [5.41, 5.74) is 1.11. The first-order valence-electron chi connectivity index (χ1n) is 7.83. The van der Waals surface area contributed by atoms with Crippen molar-refractivity contribution in [2.45, 2.75) is 18.9 Å². The Bertz CT molecular complexity index is 638. The molecule has 0 aromatic heterocycles. The van der Waals surface area contributed by atoms with E-state index in [-0.39, 0.29) is 17.3 Å². The molecule has 0 bridgehead atoms. The van der Waals surface area contributed by atoms with Crippen LogP contribution in [0.4, 0.5) is 10.1 Å². The Morgan fingerprint density at radius 3 is 2.43 bits per heavy atom. The smallest absolute Gasteiger partial charge is 0.266 e. The Balaban J connectivity index is 1.57. The summed E-state index contributed by atoms with van der Waals surface area (Å²) in [6, 6.07) is 8.76. The van der Waals surface area contributed by atoms with Gasteiger partial charge in [-0.25, -0.2) is 4.39 Å². The van der Waals surface area contributed by atoms with Gasteiger partial charge in [-0.3, -0.25) is 4.79 Å². The van der Waals surface area contributed by atoms with Crippen LogP contribution in [0.5, 0.6) is 0 Å². The fraction of sp³-hybridized carbons (Fsp3) is 0.412. The molecule has 1 heterocycles. The van der Waals surface area contributed by atoms with Crippen molar-refractivity contribution in [2.75, 3.05) is 31.1 Å². The minimum absolute atomic E-state index is 0.159. The number of amides is 1. The highest BCUT2D eigenvalue weighted by atomic mass is 19.1. The van der Waals surface area contributed by atoms with Crippen molar-refractivity contribution in [1.82, 2.24) is 10.2 Å². The second-order valence-electron chi connectivity index (χ2n) is 5.87. The highest BCUT2D eigenvalue weighted by Gasteiger charge is 2.25. The van der Waals surface area contributed by atoms with E-state index >= 15 is 0 Å². The fourth-order valence-corrected chi connectivity index (χ4v) is 2.58. The Hall–Kier alpha value is -2.55. The van der Waals surface area contributed by atoms with E-state index in [1.54, 1.807) is 23.2 Å². The van der Waals surface area contributed by atoms with Crippen LogP contribution in [0.3, 0.4) is 0 Å². The Morgan fingerprint density at radius 1 is 1.22 bits per heavy atom. The van der Waals surface area contributed by atoms with E-state index in [1.165, 1.54) is 12.1 Å². The van der Waals surface area contributed by atoms with Crippen LogP contribution in [0, 0.1) is 17.1 Å². The summed E-state index contributed by atoms with van der Waals surface area (Å²) in [4.78, 5) is 16.2. The molecule has 1 N–H and O–H groups in total. The first-order chi connectivity index (χ1) is 11.2. The highest BCUT2D eigenvalue weighted by Crippen LogP contribution is 2.20. The van der Waals surface area contributed by atoms with Crippen LogP contribution in [0.2, 0.25) is 0 Å². The zero-order chi connectivity index (χ0) is 16.2. The quantitative estimate of drug-likeness (QED) is 0.678. The maximum atomic E-state index is 13.0. The molecule has 1 amide bonds. The lowest BCUT2D eigenvalue weighted by Crippen LogP contribution is -2.49. The number of nitrogens with zero attached hydrogens (tertiary/aromatic N) is 3. The average Bonchev–Trinajstić information content (AvgIpc) is 3.40. The van der Waals surface area contributed by atoms with Crippen molar-refractivity contribution in [1.29, 1.82) is 5.26 Å². The second kappa shape index (κ2) is 6.69. The van der Waals surface area contributed by atoms with Crippen molar-refractivity contribution in [2.24, 2.45) is 0 Å². The van der Waals surface area contributed by atoms with Crippen LogP contribution in [-0.2, 0) is 4.79 Å². The lowest BCUT2D eigenvalue weighted by atomic mass is 10.2. The summed E-state index contributed by atoms with van der Waals surface area (Å²) in [6.07, 6.45) is 3.74. The molecule has 0 atom stereocenters. The van der Waals surface area contributed by atoms with Crippen LogP contribution < -0.4 is 10.2 Å². The molecule has 3 rings (SSSR count). The zero-order valence-corrected chi connectivity index (χ0v) is 12.8. The van der Waals surface area contributed by atoms with Crippen molar-refractivity contribution in [3.8, 4) is 6.07 Å². The molecule has 1 saturated heterocycles. The Kier molecular flexibility index (Phi) is 4.47. The molecule has 1 aromatic carbocycles. The third-order valence-corrected chi connectivity index (χ3v) is 4.15. The van der Waals surface area contributed by atoms with E-state index in [9.17, 15) is 9.18 Å². The minimum Gasteiger partial charge on any atom is -0.387 e. The molecule has 23 heavy (non-hydrogen) atoms. The maximum Gasteiger partial charge on any atom is 0.266 e. The van der Waals surface area contributed by atoms with Gasteiger partial charge in [-0.2, -0.15) is 5.26 Å². The number of nitrogens with one attached hydrogen (secondary N) is 1. The third-order valence-electron chi connectivity index (χ3n) is 4.15. The Labute approximate surface area is 135 Å². The van der Waals surface area contributed by atoms with Gasteiger partial charge in [0.25, 0.3) is 5.91 Å². The van der Waals surface area contributed by atoms with Gasteiger partial charge in [0.15, 0.2) is 0 Å². The van der Waals surface area contributed by atoms with Gasteiger partial charge in [-0.05, 0) is 37.1 Å². The number of piperazine rings is 1. The summed E-state index contributed by atoms with van der Waals surface area (Å²) >= 11 is 0. The minimum atomic E-state index is -0.255. The third kappa shape index (κ3) is 3.81. The summed E-state index contributed by atoms with van der Waals surface area (Å²) in [5, 5.41) is 12.3. The molecule has 120 valence electrons. The molecular formula is C17H19FN4O. The fourth-order valence-electron chi connectivity index (χ4n) is 2.58. The number of hydrogen-bond donors (Lipinski definition) is 1. The van der Waals surface area contributed by atoms with Gasteiger partial charge in [-0.15, -0.1) is 0 Å². The normalized spacial score (nSPS) is 18.5. The molecule has 1 aliphatic carbocycles. The number of halogens is 1. The summed E-state index contributed by atoms with van der Waals surface area (Å²) in [5.74, 6) is -0.478. The molecule has 1 aromatic rings. The van der Waals surface area contributed by atoms with Crippen LogP contribution in [0.15, 0.2) is 36.0 Å². The van der Waals surface area contributed by atoms with E-state index in [2.05, 4.69) is 10.2 Å². The molecule has 5 nitrogen and oxygen atoms in total. The molecule has 0 unspecified atom stereocenters. The van der Waals surface area contributed by atoms with E-state index in [0.717, 1.165) is 18.5 Å². The van der Waals surface area contributed by atoms with E-state index in [1.807, 2.05) is 6.07 Å². The van der Waals surface area contributed by atoms with Crippen LogP contribution in [-0.4, -0.2) is 43.0 Å². The number of nitriles is 1. The number of hydrogen-bond acceptors (Lipinski definition) is 4. The number of carbonyl (C=O) groups excluding carboxylic acids is 1. The summed E-state index contributed by atoms with van der Waals surface area (Å²) in [6.45, 7) is 2.45. The van der Waals surface area contributed by atoms with Gasteiger partial charge >= 0.3 is 0 Å². The van der Waals surface area contributed by atoms with E-state index < -0.39 is 0 Å². The topological polar surface area (TPSA) is 59.4 Å². The average molecular weight is 314 g/mol. The van der Waals surface area contributed by atoms with Gasteiger partial charge in [0.2, 0.25) is 0 Å². The van der Waals surface area contributed by atoms with Crippen LogP contribution in [0.1, 0.15) is 12.8 Å². The lowest BCUT2D eigenvalue weighted by molar-refractivity contribution is -0.127. The van der Waals surface area contributed by atoms with Gasteiger partial charge < -0.3 is 15.1 Å². The second-order valence-corrected chi connectivity index (χ2v) is 5.87. The number of rotatable bonds is 4. The molecule has 0 radical (unpaired) electrons. The summed E-state index contributed by atoms with van der Waals surface area (Å²) < 4.78 is 13.0. The first kappa shape index (κ1) is 15.3. The molecule has 6 heteroatoms. The molecule has 2 fully saturated rings. The molecule has 0 spiro atoms. The van der Waals surface area contributed by atoms with Crippen molar-refractivity contribution >= 4 is 11.6 Å². The predicted molar refractivity (Wildman–Crippen MR) is 85.0 cm³/mol. The Morgan fingerprint density at radius 2 is 1.87 bits per heavy atom. The SMILES string of the molecule is N#C/C(=C/NC1CC1)C(=O)N1CCN(c2ccc(F)cc2)CC1. The van der Waals surface area contributed by atoms with Gasteiger partial charge in [0.05, 0.1) is 0 Å². The number of carbonyl (C=O) groups is 1. The number of benzene rings is 1. The highest BCUT2D eigenvalue weighted by molar-refractivity contribution is 5.97. The summed E-state index contributed by atoms with van der Waals surface area (Å²) in [7, 11) is 0. The number of anilines is 1. The van der Waals surface area contributed by atoms with E-state index in [4.69, 9.17) is 5.26 Å². The van der Waals surface area contributed by atoms with Gasteiger partial charge in [0.1, 0.15) is 17.5 Å². The first-order valence-corrected chi connectivity index (χ1v) is 7.83. The monoisotopic (exact) mass is 314 g/mol. The van der Waals surface area contributed by atoms with Crippen molar-refractivity contribution in [3.63, 3.8) is 0 Å². The maximum absolute atomic E-state index is 13.0. The van der Waals surface area contributed by atoms with Crippen LogP contribution >= 0.6 is 0 Å². The van der Waals surface area contributed by atoms with E-state index in [0.29, 0.717) is 32.2 Å². The molecular weight excluding hydrogens is 295 g/mol.